The van der Waals surface area contributed by atoms with E-state index in [0.29, 0.717) is 11.7 Å². The van der Waals surface area contributed by atoms with Crippen LogP contribution < -0.4 is 10.6 Å². The van der Waals surface area contributed by atoms with E-state index < -0.39 is 0 Å². The van der Waals surface area contributed by atoms with Gasteiger partial charge in [0.25, 0.3) is 0 Å². The van der Waals surface area contributed by atoms with Crippen molar-refractivity contribution in [2.24, 2.45) is 11.7 Å². The number of halogens is 1. The van der Waals surface area contributed by atoms with Crippen molar-refractivity contribution in [2.45, 2.75) is 6.42 Å². The molecule has 5 nitrogen and oxygen atoms in total. The molecule has 0 spiro atoms. The SMILES string of the molecule is NC(=O)C1CCN(c2ccc(Cl)nn2)C1. The van der Waals surface area contributed by atoms with Gasteiger partial charge in [-0.15, -0.1) is 10.2 Å². The summed E-state index contributed by atoms with van der Waals surface area (Å²) in [7, 11) is 0. The van der Waals surface area contributed by atoms with Crippen LogP contribution in [0.1, 0.15) is 6.42 Å². The molecule has 1 aliphatic heterocycles. The largest absolute Gasteiger partial charge is 0.369 e. The van der Waals surface area contributed by atoms with Gasteiger partial charge in [0.15, 0.2) is 11.0 Å². The van der Waals surface area contributed by atoms with Gasteiger partial charge in [-0.2, -0.15) is 0 Å². The molecule has 2 N–H and O–H groups in total. The first-order chi connectivity index (χ1) is 7.16. The summed E-state index contributed by atoms with van der Waals surface area (Å²) in [4.78, 5) is 13.0. The first-order valence-corrected chi connectivity index (χ1v) is 5.08. The molecule has 0 aromatic carbocycles. The lowest BCUT2D eigenvalue weighted by Crippen LogP contribution is -2.27. The van der Waals surface area contributed by atoms with Crippen LogP contribution in [0.4, 0.5) is 5.82 Å². The van der Waals surface area contributed by atoms with E-state index in [9.17, 15) is 4.79 Å². The maximum absolute atomic E-state index is 11.0. The summed E-state index contributed by atoms with van der Waals surface area (Å²) in [6.45, 7) is 1.40. The molecule has 15 heavy (non-hydrogen) atoms. The van der Waals surface area contributed by atoms with Crippen molar-refractivity contribution in [1.29, 1.82) is 0 Å². The van der Waals surface area contributed by atoms with Gasteiger partial charge < -0.3 is 10.6 Å². The molecule has 0 aliphatic carbocycles. The number of rotatable bonds is 2. The number of amides is 1. The third kappa shape index (κ3) is 2.18. The zero-order valence-corrected chi connectivity index (χ0v) is 8.81. The monoisotopic (exact) mass is 226 g/mol. The molecular formula is C9H11ClN4O. The Balaban J connectivity index is 2.07. The normalized spacial score (nSPS) is 20.6. The molecule has 6 heteroatoms. The quantitative estimate of drug-likeness (QED) is 0.795. The smallest absolute Gasteiger partial charge is 0.222 e. The first-order valence-electron chi connectivity index (χ1n) is 4.70. The number of carbonyl (C=O) groups is 1. The zero-order chi connectivity index (χ0) is 10.8. The zero-order valence-electron chi connectivity index (χ0n) is 8.06. The second kappa shape index (κ2) is 4.02. The Labute approximate surface area is 92.2 Å². The van der Waals surface area contributed by atoms with Crippen LogP contribution in [0.2, 0.25) is 5.15 Å². The van der Waals surface area contributed by atoms with Crippen LogP contribution in [-0.4, -0.2) is 29.2 Å². The molecule has 1 fully saturated rings. The maximum Gasteiger partial charge on any atom is 0.222 e. The molecule has 1 aliphatic rings. The molecule has 0 radical (unpaired) electrons. The number of hydrogen-bond acceptors (Lipinski definition) is 4. The fourth-order valence-electron chi connectivity index (χ4n) is 1.68. The van der Waals surface area contributed by atoms with E-state index in [1.54, 1.807) is 12.1 Å². The Kier molecular flexibility index (Phi) is 2.73. The van der Waals surface area contributed by atoms with Crippen molar-refractivity contribution in [3.05, 3.63) is 17.3 Å². The maximum atomic E-state index is 11.0. The predicted molar refractivity (Wildman–Crippen MR) is 56.6 cm³/mol. The highest BCUT2D eigenvalue weighted by Gasteiger charge is 2.27. The van der Waals surface area contributed by atoms with E-state index in [4.69, 9.17) is 17.3 Å². The van der Waals surface area contributed by atoms with Gasteiger partial charge in [-0.3, -0.25) is 4.79 Å². The van der Waals surface area contributed by atoms with Crippen molar-refractivity contribution in [3.8, 4) is 0 Å². The molecule has 2 rings (SSSR count). The molecule has 1 atom stereocenters. The average Bonchev–Trinajstić information content (AvgIpc) is 2.68. The molecule has 2 heterocycles. The van der Waals surface area contributed by atoms with Crippen LogP contribution in [0.25, 0.3) is 0 Å². The van der Waals surface area contributed by atoms with Gasteiger partial charge in [0.2, 0.25) is 5.91 Å². The summed E-state index contributed by atoms with van der Waals surface area (Å²) < 4.78 is 0. The van der Waals surface area contributed by atoms with Crippen molar-refractivity contribution < 1.29 is 4.79 Å². The van der Waals surface area contributed by atoms with Crippen LogP contribution in [0.5, 0.6) is 0 Å². The summed E-state index contributed by atoms with van der Waals surface area (Å²) in [5, 5.41) is 8.06. The van der Waals surface area contributed by atoms with Gasteiger partial charge in [-0.25, -0.2) is 0 Å². The van der Waals surface area contributed by atoms with Crippen molar-refractivity contribution in [2.75, 3.05) is 18.0 Å². The molecule has 0 saturated carbocycles. The van der Waals surface area contributed by atoms with Gasteiger partial charge in [-0.05, 0) is 18.6 Å². The van der Waals surface area contributed by atoms with E-state index in [1.807, 2.05) is 4.90 Å². The minimum absolute atomic E-state index is 0.0810. The van der Waals surface area contributed by atoms with Crippen molar-refractivity contribution in [1.82, 2.24) is 10.2 Å². The molecule has 1 aromatic rings. The summed E-state index contributed by atoms with van der Waals surface area (Å²) >= 11 is 5.63. The van der Waals surface area contributed by atoms with E-state index >= 15 is 0 Å². The number of carbonyl (C=O) groups excluding carboxylic acids is 1. The summed E-state index contributed by atoms with van der Waals surface area (Å²) in [5.74, 6) is 0.407. The Hall–Kier alpha value is -1.36. The molecule has 1 aromatic heterocycles. The molecule has 1 saturated heterocycles. The fourth-order valence-corrected chi connectivity index (χ4v) is 1.78. The Morgan fingerprint density at radius 2 is 2.33 bits per heavy atom. The lowest BCUT2D eigenvalue weighted by Gasteiger charge is -2.15. The van der Waals surface area contributed by atoms with Crippen molar-refractivity contribution >= 4 is 23.3 Å². The number of nitrogens with zero attached hydrogens (tertiary/aromatic N) is 3. The van der Waals surface area contributed by atoms with Gasteiger partial charge in [0, 0.05) is 13.1 Å². The minimum Gasteiger partial charge on any atom is -0.369 e. The summed E-state index contributed by atoms with van der Waals surface area (Å²) in [5.41, 5.74) is 5.24. The number of aromatic nitrogens is 2. The molecule has 1 unspecified atom stereocenters. The predicted octanol–water partition coefficient (Wildman–Crippen LogP) is 0.442. The standard InChI is InChI=1S/C9H11ClN4O/c10-7-1-2-8(13-12-7)14-4-3-6(5-14)9(11)15/h1-2,6H,3-5H2,(H2,11,15). The fraction of sp³-hybridized carbons (Fsp3) is 0.444. The Morgan fingerprint density at radius 1 is 1.53 bits per heavy atom. The van der Waals surface area contributed by atoms with E-state index in [1.165, 1.54) is 0 Å². The second-order valence-electron chi connectivity index (χ2n) is 3.55. The number of nitrogens with two attached hydrogens (primary N) is 1. The lowest BCUT2D eigenvalue weighted by molar-refractivity contribution is -0.121. The third-order valence-electron chi connectivity index (χ3n) is 2.53. The van der Waals surface area contributed by atoms with Crippen LogP contribution in [0, 0.1) is 5.92 Å². The Bertz CT molecular complexity index is 367. The number of primary amides is 1. The van der Waals surface area contributed by atoms with Gasteiger partial charge in [-0.1, -0.05) is 11.6 Å². The average molecular weight is 227 g/mol. The van der Waals surface area contributed by atoms with Crippen LogP contribution in [0.3, 0.4) is 0 Å². The van der Waals surface area contributed by atoms with Gasteiger partial charge >= 0.3 is 0 Å². The molecular weight excluding hydrogens is 216 g/mol. The van der Waals surface area contributed by atoms with Gasteiger partial charge in [0.05, 0.1) is 5.92 Å². The summed E-state index contributed by atoms with van der Waals surface area (Å²) in [6, 6.07) is 3.47. The van der Waals surface area contributed by atoms with Crippen molar-refractivity contribution in [3.63, 3.8) is 0 Å². The minimum atomic E-state index is -0.251. The highest BCUT2D eigenvalue weighted by atomic mass is 35.5. The molecule has 0 bridgehead atoms. The van der Waals surface area contributed by atoms with E-state index in [-0.39, 0.29) is 11.8 Å². The number of hydrogen-bond donors (Lipinski definition) is 1. The Morgan fingerprint density at radius 3 is 2.87 bits per heavy atom. The first kappa shape index (κ1) is 10.2. The third-order valence-corrected chi connectivity index (χ3v) is 2.73. The number of anilines is 1. The lowest BCUT2D eigenvalue weighted by atomic mass is 10.1. The molecule has 1 amide bonds. The van der Waals surface area contributed by atoms with Crippen LogP contribution >= 0.6 is 11.6 Å². The second-order valence-corrected chi connectivity index (χ2v) is 3.94. The van der Waals surface area contributed by atoms with Crippen LogP contribution in [0.15, 0.2) is 12.1 Å². The highest BCUT2D eigenvalue weighted by molar-refractivity contribution is 6.29. The van der Waals surface area contributed by atoms with E-state index in [0.717, 1.165) is 18.8 Å². The van der Waals surface area contributed by atoms with Crippen LogP contribution in [-0.2, 0) is 4.79 Å². The topological polar surface area (TPSA) is 72.1 Å². The molecule has 80 valence electrons. The highest BCUT2D eigenvalue weighted by Crippen LogP contribution is 2.21. The van der Waals surface area contributed by atoms with E-state index in [2.05, 4.69) is 10.2 Å². The summed E-state index contributed by atoms with van der Waals surface area (Å²) in [6.07, 6.45) is 0.777. The van der Waals surface area contributed by atoms with Gasteiger partial charge in [0.1, 0.15) is 0 Å².